The minimum absolute atomic E-state index is 0.145. The lowest BCUT2D eigenvalue weighted by Gasteiger charge is -2.17. The predicted molar refractivity (Wildman–Crippen MR) is 59.2 cm³/mol. The van der Waals surface area contributed by atoms with Gasteiger partial charge in [0.1, 0.15) is 10.5 Å². The van der Waals surface area contributed by atoms with Gasteiger partial charge in [0, 0.05) is 37.2 Å². The summed E-state index contributed by atoms with van der Waals surface area (Å²) in [5.74, 6) is 0.327. The first kappa shape index (κ1) is 12.5. The van der Waals surface area contributed by atoms with Crippen molar-refractivity contribution in [2.45, 2.75) is 32.0 Å². The number of hydrogen-bond acceptors (Lipinski definition) is 3. The number of H-pyrrole nitrogens is 1. The largest absolute Gasteiger partial charge is 0.389 e. The average molecular weight is 263 g/mol. The Morgan fingerprint density at radius 3 is 2.82 bits per heavy atom. The van der Waals surface area contributed by atoms with E-state index in [1.807, 2.05) is 0 Å². The molecule has 17 heavy (non-hydrogen) atoms. The first-order valence-corrected chi connectivity index (χ1v) is 5.75. The molecule has 2 heterocycles. The molecule has 0 saturated carbocycles. The lowest BCUT2D eigenvalue weighted by molar-refractivity contribution is -0.134. The van der Waals surface area contributed by atoms with Gasteiger partial charge in [0.2, 0.25) is 0 Å². The standard InChI is InChI=1S/C10H12F3N3S/c11-10(12,13)3-1-8-15-7-2-4-14-5-6(7)9(17)16-8/h14H,1-5H2,(H,15,16,17). The number of aryl methyl sites for hydroxylation is 1. The van der Waals surface area contributed by atoms with E-state index in [1.54, 1.807) is 0 Å². The molecule has 3 nitrogen and oxygen atoms in total. The van der Waals surface area contributed by atoms with Gasteiger partial charge in [0.15, 0.2) is 0 Å². The number of nitrogens with zero attached hydrogens (tertiary/aromatic N) is 1. The molecule has 0 radical (unpaired) electrons. The van der Waals surface area contributed by atoms with Gasteiger partial charge in [-0.05, 0) is 0 Å². The fourth-order valence-electron chi connectivity index (χ4n) is 1.80. The number of aromatic nitrogens is 2. The molecule has 7 heteroatoms. The lowest BCUT2D eigenvalue weighted by atomic mass is 10.1. The molecule has 0 spiro atoms. The molecule has 2 rings (SSSR count). The van der Waals surface area contributed by atoms with Gasteiger partial charge in [-0.15, -0.1) is 0 Å². The minimum Gasteiger partial charge on any atom is -0.347 e. The second kappa shape index (κ2) is 4.73. The molecule has 0 amide bonds. The molecule has 1 aliphatic rings. The summed E-state index contributed by atoms with van der Waals surface area (Å²) in [4.78, 5) is 6.97. The summed E-state index contributed by atoms with van der Waals surface area (Å²) in [6.45, 7) is 1.44. The Morgan fingerprint density at radius 2 is 2.12 bits per heavy atom. The van der Waals surface area contributed by atoms with Crippen LogP contribution in [0.3, 0.4) is 0 Å². The molecule has 94 valence electrons. The van der Waals surface area contributed by atoms with Gasteiger partial charge in [-0.1, -0.05) is 12.2 Å². The van der Waals surface area contributed by atoms with Crippen LogP contribution in [0.25, 0.3) is 0 Å². The Labute approximate surface area is 101 Å². The lowest BCUT2D eigenvalue weighted by Crippen LogP contribution is -2.26. The van der Waals surface area contributed by atoms with E-state index >= 15 is 0 Å². The highest BCUT2D eigenvalue weighted by molar-refractivity contribution is 7.71. The fourth-order valence-corrected chi connectivity index (χ4v) is 2.10. The van der Waals surface area contributed by atoms with Gasteiger partial charge in [-0.25, -0.2) is 4.98 Å². The van der Waals surface area contributed by atoms with E-state index in [1.165, 1.54) is 0 Å². The summed E-state index contributed by atoms with van der Waals surface area (Å²) >= 11 is 5.08. The van der Waals surface area contributed by atoms with Crippen LogP contribution in [-0.2, 0) is 19.4 Å². The molecule has 0 fully saturated rings. The molecule has 0 bridgehead atoms. The van der Waals surface area contributed by atoms with Crippen molar-refractivity contribution in [3.8, 4) is 0 Å². The first-order chi connectivity index (χ1) is 7.96. The van der Waals surface area contributed by atoms with Crippen LogP contribution in [-0.4, -0.2) is 22.7 Å². The molecule has 0 aliphatic carbocycles. The molecule has 1 aliphatic heterocycles. The van der Waals surface area contributed by atoms with E-state index in [9.17, 15) is 13.2 Å². The highest BCUT2D eigenvalue weighted by atomic mass is 32.1. The smallest absolute Gasteiger partial charge is 0.347 e. The molecule has 2 N–H and O–H groups in total. The van der Waals surface area contributed by atoms with Crippen LogP contribution in [0, 0.1) is 4.64 Å². The van der Waals surface area contributed by atoms with Crippen LogP contribution < -0.4 is 5.32 Å². The minimum atomic E-state index is -4.16. The van der Waals surface area contributed by atoms with Crippen molar-refractivity contribution in [1.29, 1.82) is 0 Å². The van der Waals surface area contributed by atoms with Gasteiger partial charge >= 0.3 is 6.18 Å². The maximum absolute atomic E-state index is 12.1. The van der Waals surface area contributed by atoms with Gasteiger partial charge < -0.3 is 10.3 Å². The van der Waals surface area contributed by atoms with E-state index in [2.05, 4.69) is 15.3 Å². The Bertz CT molecular complexity index is 467. The highest BCUT2D eigenvalue weighted by Gasteiger charge is 2.27. The molecule has 1 aromatic rings. The highest BCUT2D eigenvalue weighted by Crippen LogP contribution is 2.21. The van der Waals surface area contributed by atoms with Crippen molar-refractivity contribution in [1.82, 2.24) is 15.3 Å². The molecular weight excluding hydrogens is 251 g/mol. The fraction of sp³-hybridized carbons (Fsp3) is 0.600. The number of nitrogens with one attached hydrogen (secondary N) is 2. The van der Waals surface area contributed by atoms with Crippen LogP contribution in [0.2, 0.25) is 0 Å². The van der Waals surface area contributed by atoms with E-state index in [0.29, 0.717) is 17.0 Å². The zero-order chi connectivity index (χ0) is 12.5. The molecule has 0 atom stereocenters. The summed E-state index contributed by atoms with van der Waals surface area (Å²) in [5.41, 5.74) is 1.82. The normalized spacial score (nSPS) is 15.7. The molecule has 0 unspecified atom stereocenters. The Balaban J connectivity index is 2.20. The first-order valence-electron chi connectivity index (χ1n) is 5.34. The number of fused-ring (bicyclic) bond motifs is 1. The van der Waals surface area contributed by atoms with Crippen LogP contribution in [0.1, 0.15) is 23.5 Å². The van der Waals surface area contributed by atoms with Crippen LogP contribution in [0.5, 0.6) is 0 Å². The van der Waals surface area contributed by atoms with Gasteiger partial charge in [-0.3, -0.25) is 0 Å². The quantitative estimate of drug-likeness (QED) is 0.804. The van der Waals surface area contributed by atoms with Crippen LogP contribution in [0.4, 0.5) is 13.2 Å². The van der Waals surface area contributed by atoms with Crippen LogP contribution >= 0.6 is 12.2 Å². The van der Waals surface area contributed by atoms with Crippen molar-refractivity contribution in [3.63, 3.8) is 0 Å². The molecule has 1 aromatic heterocycles. The monoisotopic (exact) mass is 263 g/mol. The predicted octanol–water partition coefficient (Wildman–Crippen LogP) is 2.28. The second-order valence-electron chi connectivity index (χ2n) is 3.99. The van der Waals surface area contributed by atoms with Gasteiger partial charge in [0.25, 0.3) is 0 Å². The maximum atomic E-state index is 12.1. The number of alkyl halides is 3. The van der Waals surface area contributed by atoms with E-state index in [-0.39, 0.29) is 6.42 Å². The van der Waals surface area contributed by atoms with E-state index < -0.39 is 12.6 Å². The zero-order valence-electron chi connectivity index (χ0n) is 9.02. The molecular formula is C10H12F3N3S. The van der Waals surface area contributed by atoms with Crippen molar-refractivity contribution in [2.75, 3.05) is 6.54 Å². The van der Waals surface area contributed by atoms with Gasteiger partial charge in [0.05, 0.1) is 6.42 Å². The summed E-state index contributed by atoms with van der Waals surface area (Å²) in [6, 6.07) is 0. The Kier molecular flexibility index (Phi) is 3.48. The third-order valence-corrected chi connectivity index (χ3v) is 2.99. The number of halogens is 3. The second-order valence-corrected chi connectivity index (χ2v) is 4.37. The van der Waals surface area contributed by atoms with E-state index in [4.69, 9.17) is 12.2 Å². The summed E-state index contributed by atoms with van der Waals surface area (Å²) in [6.07, 6.45) is -4.43. The van der Waals surface area contributed by atoms with Crippen molar-refractivity contribution in [3.05, 3.63) is 21.7 Å². The van der Waals surface area contributed by atoms with Crippen molar-refractivity contribution < 1.29 is 13.2 Å². The Morgan fingerprint density at radius 1 is 1.35 bits per heavy atom. The van der Waals surface area contributed by atoms with Crippen molar-refractivity contribution >= 4 is 12.2 Å². The average Bonchev–Trinajstić information content (AvgIpc) is 2.26. The number of hydrogen-bond donors (Lipinski definition) is 2. The third-order valence-electron chi connectivity index (χ3n) is 2.65. The SMILES string of the molecule is FC(F)(F)CCc1nc(=S)c2c([nH]1)CCNC2. The summed E-state index contributed by atoms with van der Waals surface area (Å²) < 4.78 is 36.7. The van der Waals surface area contributed by atoms with E-state index in [0.717, 1.165) is 24.2 Å². The summed E-state index contributed by atoms with van der Waals surface area (Å²) in [7, 11) is 0. The number of aromatic amines is 1. The third kappa shape index (κ3) is 3.26. The number of rotatable bonds is 2. The maximum Gasteiger partial charge on any atom is 0.389 e. The molecule has 0 aromatic carbocycles. The van der Waals surface area contributed by atoms with Crippen molar-refractivity contribution in [2.24, 2.45) is 0 Å². The zero-order valence-corrected chi connectivity index (χ0v) is 9.84. The topological polar surface area (TPSA) is 40.7 Å². The Hall–Kier alpha value is -0.950. The molecule has 0 saturated heterocycles. The van der Waals surface area contributed by atoms with Crippen LogP contribution in [0.15, 0.2) is 0 Å². The summed E-state index contributed by atoms with van der Waals surface area (Å²) in [5, 5.41) is 3.15. The van der Waals surface area contributed by atoms with Gasteiger partial charge in [-0.2, -0.15) is 13.2 Å².